The molecule has 2 aromatic rings. The Labute approximate surface area is 121 Å². The maximum atomic E-state index is 12.1. The van der Waals surface area contributed by atoms with Gasteiger partial charge in [-0.15, -0.1) is 0 Å². The summed E-state index contributed by atoms with van der Waals surface area (Å²) in [6, 6.07) is 5.19. The SMILES string of the molecule is O=C1CCC(NC(=O)c2ccc(Cn3cccn3)o2)CN1. The molecule has 1 aliphatic heterocycles. The Morgan fingerprint density at radius 2 is 2.43 bits per heavy atom. The van der Waals surface area contributed by atoms with E-state index >= 15 is 0 Å². The summed E-state index contributed by atoms with van der Waals surface area (Å²) in [5.41, 5.74) is 0. The first-order valence-corrected chi connectivity index (χ1v) is 6.84. The van der Waals surface area contributed by atoms with Crippen LogP contribution in [0.4, 0.5) is 0 Å². The number of carbonyl (C=O) groups is 2. The molecule has 2 N–H and O–H groups in total. The molecule has 21 heavy (non-hydrogen) atoms. The number of furan rings is 1. The van der Waals surface area contributed by atoms with Crippen LogP contribution >= 0.6 is 0 Å². The maximum Gasteiger partial charge on any atom is 0.287 e. The van der Waals surface area contributed by atoms with Crippen LogP contribution in [0.3, 0.4) is 0 Å². The summed E-state index contributed by atoms with van der Waals surface area (Å²) in [6.07, 6.45) is 4.60. The molecule has 110 valence electrons. The minimum Gasteiger partial charge on any atom is -0.454 e. The smallest absolute Gasteiger partial charge is 0.287 e. The number of piperidine rings is 1. The van der Waals surface area contributed by atoms with Crippen molar-refractivity contribution in [1.82, 2.24) is 20.4 Å². The van der Waals surface area contributed by atoms with Gasteiger partial charge < -0.3 is 15.1 Å². The van der Waals surface area contributed by atoms with Gasteiger partial charge in [0, 0.05) is 31.4 Å². The molecule has 2 amide bonds. The lowest BCUT2D eigenvalue weighted by atomic mass is 10.1. The van der Waals surface area contributed by atoms with Crippen molar-refractivity contribution in [2.75, 3.05) is 6.54 Å². The highest BCUT2D eigenvalue weighted by Crippen LogP contribution is 2.11. The fourth-order valence-corrected chi connectivity index (χ4v) is 2.25. The largest absolute Gasteiger partial charge is 0.454 e. The summed E-state index contributed by atoms with van der Waals surface area (Å²) in [5, 5.41) is 9.67. The zero-order valence-corrected chi connectivity index (χ0v) is 11.4. The van der Waals surface area contributed by atoms with Crippen molar-refractivity contribution in [3.05, 3.63) is 42.1 Å². The lowest BCUT2D eigenvalue weighted by molar-refractivity contribution is -0.122. The topological polar surface area (TPSA) is 89.2 Å². The van der Waals surface area contributed by atoms with Crippen LogP contribution < -0.4 is 10.6 Å². The van der Waals surface area contributed by atoms with Crippen LogP contribution in [0.5, 0.6) is 0 Å². The molecule has 0 radical (unpaired) electrons. The summed E-state index contributed by atoms with van der Waals surface area (Å²) in [7, 11) is 0. The van der Waals surface area contributed by atoms with Gasteiger partial charge in [-0.2, -0.15) is 5.10 Å². The molecule has 1 aliphatic rings. The third kappa shape index (κ3) is 3.31. The van der Waals surface area contributed by atoms with Gasteiger partial charge in [-0.1, -0.05) is 0 Å². The average molecular weight is 288 g/mol. The van der Waals surface area contributed by atoms with E-state index in [-0.39, 0.29) is 23.6 Å². The molecule has 1 atom stereocenters. The third-order valence-electron chi connectivity index (χ3n) is 3.36. The van der Waals surface area contributed by atoms with Gasteiger partial charge >= 0.3 is 0 Å². The predicted octanol–water partition coefficient (Wildman–Crippen LogP) is 0.533. The molecule has 0 spiro atoms. The van der Waals surface area contributed by atoms with E-state index in [0.29, 0.717) is 31.7 Å². The van der Waals surface area contributed by atoms with E-state index in [1.165, 1.54) is 0 Å². The summed E-state index contributed by atoms with van der Waals surface area (Å²) < 4.78 is 7.24. The number of amides is 2. The van der Waals surface area contributed by atoms with E-state index in [4.69, 9.17) is 4.42 Å². The normalized spacial score (nSPS) is 18.3. The maximum absolute atomic E-state index is 12.1. The van der Waals surface area contributed by atoms with Crippen LogP contribution in [0.1, 0.15) is 29.2 Å². The number of hydrogen-bond donors (Lipinski definition) is 2. The Bertz CT molecular complexity index is 622. The Kier molecular flexibility index (Phi) is 3.72. The highest BCUT2D eigenvalue weighted by atomic mass is 16.4. The number of nitrogens with one attached hydrogen (secondary N) is 2. The standard InChI is InChI=1S/C14H16N4O3/c19-13-5-2-10(8-15-13)17-14(20)12-4-3-11(21-12)9-18-7-1-6-16-18/h1,3-4,6-7,10H,2,5,8-9H2,(H,15,19)(H,17,20). The third-order valence-corrected chi connectivity index (χ3v) is 3.36. The Balaban J connectivity index is 1.57. The molecule has 7 nitrogen and oxygen atoms in total. The van der Waals surface area contributed by atoms with Crippen molar-refractivity contribution in [2.24, 2.45) is 0 Å². The molecule has 1 fully saturated rings. The lowest BCUT2D eigenvalue weighted by Gasteiger charge is -2.22. The monoisotopic (exact) mass is 288 g/mol. The van der Waals surface area contributed by atoms with E-state index in [1.54, 1.807) is 23.0 Å². The van der Waals surface area contributed by atoms with Crippen molar-refractivity contribution in [1.29, 1.82) is 0 Å². The minimum atomic E-state index is -0.261. The Morgan fingerprint density at radius 1 is 1.52 bits per heavy atom. The van der Waals surface area contributed by atoms with Gasteiger partial charge in [0.25, 0.3) is 5.91 Å². The molecule has 1 unspecified atom stereocenters. The van der Waals surface area contributed by atoms with Gasteiger partial charge in [-0.25, -0.2) is 0 Å². The van der Waals surface area contributed by atoms with Gasteiger partial charge in [-0.3, -0.25) is 14.3 Å². The van der Waals surface area contributed by atoms with Crippen molar-refractivity contribution in [3.63, 3.8) is 0 Å². The van der Waals surface area contributed by atoms with Gasteiger partial charge in [0.2, 0.25) is 5.91 Å². The molecule has 1 saturated heterocycles. The first kappa shape index (κ1) is 13.4. The Morgan fingerprint density at radius 3 is 3.14 bits per heavy atom. The number of aromatic nitrogens is 2. The van der Waals surface area contributed by atoms with Crippen molar-refractivity contribution in [2.45, 2.75) is 25.4 Å². The quantitative estimate of drug-likeness (QED) is 0.859. The average Bonchev–Trinajstić information content (AvgIpc) is 3.13. The van der Waals surface area contributed by atoms with Crippen LogP contribution in [0.25, 0.3) is 0 Å². The molecular weight excluding hydrogens is 272 g/mol. The van der Waals surface area contributed by atoms with Gasteiger partial charge in [0.1, 0.15) is 5.76 Å². The first-order valence-electron chi connectivity index (χ1n) is 6.84. The zero-order valence-electron chi connectivity index (χ0n) is 11.4. The summed E-state index contributed by atoms with van der Waals surface area (Å²) in [4.78, 5) is 23.1. The second kappa shape index (κ2) is 5.82. The van der Waals surface area contributed by atoms with Crippen LogP contribution in [0.15, 0.2) is 35.0 Å². The lowest BCUT2D eigenvalue weighted by Crippen LogP contribution is -2.47. The highest BCUT2D eigenvalue weighted by molar-refractivity contribution is 5.91. The molecule has 0 saturated carbocycles. The van der Waals surface area contributed by atoms with E-state index in [9.17, 15) is 9.59 Å². The second-order valence-corrected chi connectivity index (χ2v) is 4.98. The van der Waals surface area contributed by atoms with Crippen LogP contribution in [-0.2, 0) is 11.3 Å². The number of carbonyl (C=O) groups excluding carboxylic acids is 2. The van der Waals surface area contributed by atoms with Crippen molar-refractivity contribution < 1.29 is 14.0 Å². The van der Waals surface area contributed by atoms with E-state index in [2.05, 4.69) is 15.7 Å². The van der Waals surface area contributed by atoms with Crippen LogP contribution in [-0.4, -0.2) is 34.2 Å². The number of hydrogen-bond acceptors (Lipinski definition) is 4. The fourth-order valence-electron chi connectivity index (χ4n) is 2.25. The predicted molar refractivity (Wildman–Crippen MR) is 73.5 cm³/mol. The van der Waals surface area contributed by atoms with E-state index in [1.807, 2.05) is 12.3 Å². The van der Waals surface area contributed by atoms with Gasteiger partial charge in [0.15, 0.2) is 5.76 Å². The van der Waals surface area contributed by atoms with Crippen molar-refractivity contribution >= 4 is 11.8 Å². The molecule has 2 aromatic heterocycles. The molecule has 3 rings (SSSR count). The molecule has 0 aliphatic carbocycles. The van der Waals surface area contributed by atoms with Crippen molar-refractivity contribution in [3.8, 4) is 0 Å². The minimum absolute atomic E-state index is 0.0278. The molecule has 3 heterocycles. The van der Waals surface area contributed by atoms with Gasteiger partial charge in [0.05, 0.1) is 6.54 Å². The number of nitrogens with zero attached hydrogens (tertiary/aromatic N) is 2. The number of rotatable bonds is 4. The molecule has 0 bridgehead atoms. The highest BCUT2D eigenvalue weighted by Gasteiger charge is 2.21. The molecule has 0 aromatic carbocycles. The zero-order chi connectivity index (χ0) is 14.7. The molecular formula is C14H16N4O3. The fraction of sp³-hybridized carbons (Fsp3) is 0.357. The van der Waals surface area contributed by atoms with Gasteiger partial charge in [-0.05, 0) is 24.6 Å². The van der Waals surface area contributed by atoms with E-state index in [0.717, 1.165) is 0 Å². The first-order chi connectivity index (χ1) is 10.2. The summed E-state index contributed by atoms with van der Waals surface area (Å²) >= 11 is 0. The van der Waals surface area contributed by atoms with Crippen LogP contribution in [0, 0.1) is 0 Å². The van der Waals surface area contributed by atoms with Crippen LogP contribution in [0.2, 0.25) is 0 Å². The summed E-state index contributed by atoms with van der Waals surface area (Å²) in [5.74, 6) is 0.706. The summed E-state index contributed by atoms with van der Waals surface area (Å²) in [6.45, 7) is 0.950. The second-order valence-electron chi connectivity index (χ2n) is 4.98. The van der Waals surface area contributed by atoms with E-state index < -0.39 is 0 Å². The molecule has 7 heteroatoms. The Hall–Kier alpha value is -2.57.